The highest BCUT2D eigenvalue weighted by molar-refractivity contribution is 5.91. The van der Waals surface area contributed by atoms with Crippen molar-refractivity contribution >= 4 is 11.6 Å². The Bertz CT molecular complexity index is 1080. The van der Waals surface area contributed by atoms with E-state index >= 15 is 0 Å². The molecule has 4 aliphatic carbocycles. The zero-order valence-corrected chi connectivity index (χ0v) is 21.7. The number of hydrogen-bond acceptors (Lipinski definition) is 8. The number of phenolic OH excluding ortho intramolecular Hbond substituents is 2. The molecule has 7 atom stereocenters. The Morgan fingerprint density at radius 2 is 1.78 bits per heavy atom. The Morgan fingerprint density at radius 1 is 1.05 bits per heavy atom. The van der Waals surface area contributed by atoms with Crippen LogP contribution < -0.4 is 0 Å². The molecule has 0 heterocycles. The molecule has 1 aromatic carbocycles. The summed E-state index contributed by atoms with van der Waals surface area (Å²) in [4.78, 5) is 24.3. The molecule has 0 amide bonds. The lowest BCUT2D eigenvalue weighted by molar-refractivity contribution is -0.182. The highest BCUT2D eigenvalue weighted by Crippen LogP contribution is 2.67. The van der Waals surface area contributed by atoms with Gasteiger partial charge in [-0.1, -0.05) is 25.5 Å². The molecule has 3 fully saturated rings. The number of aliphatic hydroxyl groups is 4. The number of fused-ring (bicyclic) bond motifs is 5. The molecule has 3 saturated carbocycles. The molecule has 5 rings (SSSR count). The van der Waals surface area contributed by atoms with Gasteiger partial charge in [0.15, 0.2) is 23.1 Å². The SMILES string of the molecule is C[C@]12CCC(=O)C=C1CC[C@@H]1[C@@H]2[C@@H](O)C[C@@]2(C)[C@H]1CC[C@]2(O)C(=O)CO.OCCc1ccc(O)c(O)c1. The standard InChI is InChI=1S/C21H30O5.C8H10O3/c1-19-7-5-13(23)9-12(19)3-4-14-15-6-8-21(26,17(25)11-22)20(15,2)10-16(24)18(14)19;9-4-3-6-1-2-7(10)8(11)5-6/h9,14-16,18,22,24,26H,3-8,10-11H2,1-2H3;1-2,5,9-11H,3-4H2/t14-,15-,16-,18+,19-,20-,21-;/m0./s1. The van der Waals surface area contributed by atoms with Crippen molar-refractivity contribution in [2.45, 2.75) is 76.9 Å². The van der Waals surface area contributed by atoms with Gasteiger partial charge in [-0.3, -0.25) is 9.59 Å². The first kappa shape index (κ1) is 27.8. The molecule has 0 saturated heterocycles. The Hall–Kier alpha value is -2.26. The lowest BCUT2D eigenvalue weighted by Crippen LogP contribution is -2.62. The maximum absolute atomic E-state index is 12.4. The molecule has 0 spiro atoms. The molecule has 0 aliphatic heterocycles. The van der Waals surface area contributed by atoms with Gasteiger partial charge in [-0.2, -0.15) is 0 Å². The van der Waals surface area contributed by atoms with E-state index in [9.17, 15) is 24.9 Å². The highest BCUT2D eigenvalue weighted by Gasteiger charge is 2.68. The molecule has 6 N–H and O–H groups in total. The lowest BCUT2D eigenvalue weighted by atomic mass is 9.45. The molecule has 37 heavy (non-hydrogen) atoms. The quantitative estimate of drug-likeness (QED) is 0.333. The molecule has 0 radical (unpaired) electrons. The van der Waals surface area contributed by atoms with Crippen LogP contribution in [0.4, 0.5) is 0 Å². The van der Waals surface area contributed by atoms with Crippen molar-refractivity contribution in [3.8, 4) is 11.5 Å². The van der Waals surface area contributed by atoms with Crippen LogP contribution in [-0.2, 0) is 16.0 Å². The smallest absolute Gasteiger partial charge is 0.190 e. The van der Waals surface area contributed by atoms with Crippen molar-refractivity contribution in [1.29, 1.82) is 0 Å². The number of phenols is 2. The van der Waals surface area contributed by atoms with Crippen LogP contribution >= 0.6 is 0 Å². The third-order valence-electron chi connectivity index (χ3n) is 10.1. The number of ketones is 2. The minimum absolute atomic E-state index is 0.0458. The van der Waals surface area contributed by atoms with Crippen LogP contribution in [0.1, 0.15) is 64.4 Å². The van der Waals surface area contributed by atoms with Gasteiger partial charge in [0.2, 0.25) is 0 Å². The van der Waals surface area contributed by atoms with Crippen LogP contribution in [0.25, 0.3) is 0 Å². The summed E-state index contributed by atoms with van der Waals surface area (Å²) in [6, 6.07) is 4.50. The van der Waals surface area contributed by atoms with E-state index in [1.807, 2.05) is 6.92 Å². The molecule has 204 valence electrons. The molecule has 0 aromatic heterocycles. The number of carbonyl (C=O) groups is 2. The van der Waals surface area contributed by atoms with Crippen LogP contribution in [0.15, 0.2) is 29.8 Å². The van der Waals surface area contributed by atoms with Gasteiger partial charge in [0.25, 0.3) is 0 Å². The fourth-order valence-corrected chi connectivity index (χ4v) is 8.13. The van der Waals surface area contributed by atoms with Crippen molar-refractivity contribution < 1.29 is 40.2 Å². The van der Waals surface area contributed by atoms with E-state index in [0.29, 0.717) is 25.7 Å². The normalized spacial score (nSPS) is 38.4. The molecular weight excluding hydrogens is 476 g/mol. The maximum Gasteiger partial charge on any atom is 0.190 e. The Morgan fingerprint density at radius 3 is 2.43 bits per heavy atom. The number of rotatable bonds is 4. The number of aliphatic hydroxyl groups excluding tert-OH is 3. The third-order valence-corrected chi connectivity index (χ3v) is 10.1. The average molecular weight is 517 g/mol. The fourth-order valence-electron chi connectivity index (χ4n) is 8.13. The number of aromatic hydroxyl groups is 2. The van der Waals surface area contributed by atoms with Gasteiger partial charge in [0.05, 0.1) is 6.10 Å². The van der Waals surface area contributed by atoms with E-state index in [1.54, 1.807) is 12.1 Å². The molecular formula is C29H40O8. The minimum atomic E-state index is -1.54. The first-order chi connectivity index (χ1) is 17.4. The lowest BCUT2D eigenvalue weighted by Gasteiger charge is -2.60. The van der Waals surface area contributed by atoms with Crippen LogP contribution in [0.2, 0.25) is 0 Å². The summed E-state index contributed by atoms with van der Waals surface area (Å²) in [5.41, 5.74) is -0.424. The van der Waals surface area contributed by atoms with Gasteiger partial charge in [0.1, 0.15) is 12.2 Å². The third kappa shape index (κ3) is 4.52. The van der Waals surface area contributed by atoms with Crippen LogP contribution in [0, 0.1) is 28.6 Å². The maximum atomic E-state index is 12.4. The number of carbonyl (C=O) groups excluding carboxylic acids is 2. The first-order valence-electron chi connectivity index (χ1n) is 13.3. The topological polar surface area (TPSA) is 156 Å². The van der Waals surface area contributed by atoms with E-state index in [2.05, 4.69) is 6.92 Å². The second kappa shape index (κ2) is 10.1. The minimum Gasteiger partial charge on any atom is -0.504 e. The second-order valence-corrected chi connectivity index (χ2v) is 11.9. The van der Waals surface area contributed by atoms with Gasteiger partial charge in [0, 0.05) is 18.4 Å². The summed E-state index contributed by atoms with van der Waals surface area (Å²) in [7, 11) is 0. The van der Waals surface area contributed by atoms with Crippen LogP contribution in [-0.4, -0.2) is 67.1 Å². The Balaban J connectivity index is 0.000000245. The van der Waals surface area contributed by atoms with Crippen molar-refractivity contribution in [1.82, 2.24) is 0 Å². The van der Waals surface area contributed by atoms with Crippen LogP contribution in [0.3, 0.4) is 0 Å². The summed E-state index contributed by atoms with van der Waals surface area (Å²) < 4.78 is 0. The summed E-state index contributed by atoms with van der Waals surface area (Å²) in [6.07, 6.45) is 6.23. The van der Waals surface area contributed by atoms with Crippen LogP contribution in [0.5, 0.6) is 11.5 Å². The van der Waals surface area contributed by atoms with E-state index in [0.717, 1.165) is 31.2 Å². The fraction of sp³-hybridized carbons (Fsp3) is 0.655. The predicted octanol–water partition coefficient (Wildman–Crippen LogP) is 2.41. The van der Waals surface area contributed by atoms with E-state index < -0.39 is 29.5 Å². The summed E-state index contributed by atoms with van der Waals surface area (Å²) in [5.74, 6) is -0.135. The second-order valence-electron chi connectivity index (χ2n) is 11.9. The van der Waals surface area contributed by atoms with E-state index in [-0.39, 0.29) is 47.1 Å². The van der Waals surface area contributed by atoms with E-state index in [1.165, 1.54) is 17.7 Å². The van der Waals surface area contributed by atoms with Gasteiger partial charge in [-0.15, -0.1) is 0 Å². The first-order valence-corrected chi connectivity index (χ1v) is 13.3. The summed E-state index contributed by atoms with van der Waals surface area (Å²) in [6.45, 7) is 3.50. The largest absolute Gasteiger partial charge is 0.504 e. The monoisotopic (exact) mass is 516 g/mol. The van der Waals surface area contributed by atoms with Crippen molar-refractivity contribution in [3.63, 3.8) is 0 Å². The molecule has 8 heteroatoms. The van der Waals surface area contributed by atoms with Crippen molar-refractivity contribution in [3.05, 3.63) is 35.4 Å². The summed E-state index contributed by atoms with van der Waals surface area (Å²) in [5, 5.41) is 58.2. The molecule has 8 nitrogen and oxygen atoms in total. The van der Waals surface area contributed by atoms with E-state index in [4.69, 9.17) is 15.3 Å². The molecule has 0 unspecified atom stereocenters. The predicted molar refractivity (Wildman–Crippen MR) is 136 cm³/mol. The molecule has 4 aliphatic rings. The zero-order chi connectivity index (χ0) is 27.2. The average Bonchev–Trinajstić information content (AvgIpc) is 3.12. The highest BCUT2D eigenvalue weighted by atomic mass is 16.3. The van der Waals surface area contributed by atoms with Gasteiger partial charge >= 0.3 is 0 Å². The van der Waals surface area contributed by atoms with Crippen molar-refractivity contribution in [2.75, 3.05) is 13.2 Å². The number of allylic oxidation sites excluding steroid dienone is 1. The zero-order valence-electron chi connectivity index (χ0n) is 21.7. The van der Waals surface area contributed by atoms with Gasteiger partial charge in [-0.05, 0) is 91.9 Å². The van der Waals surface area contributed by atoms with Gasteiger partial charge in [-0.25, -0.2) is 0 Å². The molecule has 1 aromatic rings. The Labute approximate surface area is 217 Å². The number of Topliss-reactive ketones (excluding diaryl/α,β-unsaturated/α-hetero) is 1. The summed E-state index contributed by atoms with van der Waals surface area (Å²) >= 11 is 0. The van der Waals surface area contributed by atoms with Gasteiger partial charge < -0.3 is 30.6 Å². The molecule has 0 bridgehead atoms. The van der Waals surface area contributed by atoms with Crippen molar-refractivity contribution in [2.24, 2.45) is 28.6 Å². The Kier molecular flexibility index (Phi) is 7.60. The number of benzene rings is 1. The number of hydrogen-bond donors (Lipinski definition) is 6.